The van der Waals surface area contributed by atoms with Gasteiger partial charge in [0, 0.05) is 7.05 Å². The topological polar surface area (TPSA) is 59.0 Å². The quantitative estimate of drug-likeness (QED) is 0.930. The Hall–Kier alpha value is -2.22. The molecule has 0 bridgehead atoms. The molecular weight excluding hydrogens is 291 g/mol. The van der Waals surface area contributed by atoms with Crippen LogP contribution < -0.4 is 4.74 Å². The van der Waals surface area contributed by atoms with E-state index in [4.69, 9.17) is 4.84 Å². The van der Waals surface area contributed by atoms with Crippen molar-refractivity contribution in [3.8, 4) is 5.75 Å². The molecule has 5 nitrogen and oxygen atoms in total. The number of hydrogen-bond acceptors (Lipinski definition) is 4. The Morgan fingerprint density at radius 1 is 1.43 bits per heavy atom. The van der Waals surface area contributed by atoms with Gasteiger partial charge in [-0.3, -0.25) is 0 Å². The minimum Gasteiger partial charge on any atom is -0.478 e. The minimum atomic E-state index is -4.81. The molecule has 0 saturated heterocycles. The van der Waals surface area contributed by atoms with Crippen molar-refractivity contribution in [2.24, 2.45) is 0 Å². The first kappa shape index (κ1) is 15.2. The molecule has 0 aromatic heterocycles. The molecular formula is C13H12F3NO4. The Morgan fingerprint density at radius 2 is 2.10 bits per heavy atom. The summed E-state index contributed by atoms with van der Waals surface area (Å²) in [6.07, 6.45) is -4.81. The van der Waals surface area contributed by atoms with Crippen LogP contribution in [0.2, 0.25) is 0 Å². The summed E-state index contributed by atoms with van der Waals surface area (Å²) in [5, 5.41) is 10.5. The summed E-state index contributed by atoms with van der Waals surface area (Å²) < 4.78 is 40.5. The number of hydrogen-bond donors (Lipinski definition) is 1. The molecule has 114 valence electrons. The van der Waals surface area contributed by atoms with E-state index in [0.717, 1.165) is 12.1 Å². The number of carbonyl (C=O) groups is 1. The van der Waals surface area contributed by atoms with Crippen molar-refractivity contribution in [1.29, 1.82) is 0 Å². The molecule has 1 aliphatic heterocycles. The van der Waals surface area contributed by atoms with E-state index in [-0.39, 0.29) is 11.3 Å². The number of nitrogens with zero attached hydrogens (tertiary/aromatic N) is 1. The number of likely N-dealkylation sites (N-methyl/N-ethyl adjacent to an activating group) is 1. The molecule has 0 saturated carbocycles. The maximum atomic E-state index is 12.2. The second kappa shape index (κ2) is 5.28. The average molecular weight is 303 g/mol. The molecule has 1 atom stereocenters. The minimum absolute atomic E-state index is 0.0262. The number of allylic oxidation sites excluding steroid dienone is 1. The van der Waals surface area contributed by atoms with Crippen molar-refractivity contribution in [3.05, 3.63) is 41.2 Å². The van der Waals surface area contributed by atoms with Crippen molar-refractivity contribution in [1.82, 2.24) is 5.06 Å². The molecule has 1 aromatic rings. The Labute approximate surface area is 118 Å². The fourth-order valence-electron chi connectivity index (χ4n) is 2.22. The zero-order valence-corrected chi connectivity index (χ0v) is 11.1. The summed E-state index contributed by atoms with van der Waals surface area (Å²) in [5.41, 5.74) is 0.301. The summed E-state index contributed by atoms with van der Waals surface area (Å²) >= 11 is 0. The maximum Gasteiger partial charge on any atom is 0.573 e. The average Bonchev–Trinajstić information content (AvgIpc) is 2.62. The molecule has 1 unspecified atom stereocenters. The molecule has 1 heterocycles. The van der Waals surface area contributed by atoms with Crippen LogP contribution in [-0.2, 0) is 9.63 Å². The Kier molecular flexibility index (Phi) is 3.82. The highest BCUT2D eigenvalue weighted by atomic mass is 19.4. The van der Waals surface area contributed by atoms with Crippen LogP contribution in [0.5, 0.6) is 5.75 Å². The van der Waals surface area contributed by atoms with Crippen molar-refractivity contribution in [3.63, 3.8) is 0 Å². The van der Waals surface area contributed by atoms with Gasteiger partial charge in [-0.15, -0.1) is 18.2 Å². The van der Waals surface area contributed by atoms with Gasteiger partial charge in [0.15, 0.2) is 0 Å². The van der Waals surface area contributed by atoms with E-state index >= 15 is 0 Å². The van der Waals surface area contributed by atoms with Crippen LogP contribution in [0.1, 0.15) is 18.5 Å². The smallest absolute Gasteiger partial charge is 0.478 e. The molecule has 0 spiro atoms. The van der Waals surface area contributed by atoms with E-state index in [1.807, 2.05) is 0 Å². The molecule has 1 N–H and O–H groups in total. The Balaban J connectivity index is 2.37. The first-order valence-corrected chi connectivity index (χ1v) is 5.89. The second-order valence-electron chi connectivity index (χ2n) is 4.44. The van der Waals surface area contributed by atoms with Crippen molar-refractivity contribution in [2.45, 2.75) is 19.3 Å². The number of benzene rings is 1. The summed E-state index contributed by atoms with van der Waals surface area (Å²) in [5.74, 6) is -1.41. The third kappa shape index (κ3) is 3.27. The number of rotatable bonds is 3. The third-order valence-electron chi connectivity index (χ3n) is 2.94. The van der Waals surface area contributed by atoms with E-state index < -0.39 is 24.1 Å². The molecule has 0 aliphatic carbocycles. The van der Waals surface area contributed by atoms with E-state index in [9.17, 15) is 23.1 Å². The van der Waals surface area contributed by atoms with Crippen LogP contribution in [-0.4, -0.2) is 29.5 Å². The summed E-state index contributed by atoms with van der Waals surface area (Å²) in [6, 6.07) is 4.34. The van der Waals surface area contributed by atoms with Gasteiger partial charge in [0.2, 0.25) is 0 Å². The van der Waals surface area contributed by atoms with Gasteiger partial charge in [-0.2, -0.15) is 0 Å². The van der Waals surface area contributed by atoms with Crippen molar-refractivity contribution < 1.29 is 32.6 Å². The predicted octanol–water partition coefficient (Wildman–Crippen LogP) is 2.86. The number of aliphatic carboxylic acids is 1. The maximum absolute atomic E-state index is 12.2. The van der Waals surface area contributed by atoms with Crippen LogP contribution >= 0.6 is 0 Å². The highest BCUT2D eigenvalue weighted by molar-refractivity contribution is 5.89. The monoisotopic (exact) mass is 303 g/mol. The molecule has 1 aromatic carbocycles. The van der Waals surface area contributed by atoms with E-state index in [2.05, 4.69) is 4.74 Å². The van der Waals surface area contributed by atoms with Gasteiger partial charge < -0.3 is 14.7 Å². The summed E-state index contributed by atoms with van der Waals surface area (Å²) in [7, 11) is 1.50. The lowest BCUT2D eigenvalue weighted by molar-refractivity contribution is -0.274. The van der Waals surface area contributed by atoms with Gasteiger partial charge in [0.05, 0.1) is 0 Å². The molecule has 0 radical (unpaired) electrons. The third-order valence-corrected chi connectivity index (χ3v) is 2.94. The summed E-state index contributed by atoms with van der Waals surface area (Å²) in [6.45, 7) is 1.48. The lowest BCUT2D eigenvalue weighted by Gasteiger charge is -2.20. The SMILES string of the molecule is CC1=C(C(=O)O)C(c2cccc(OC(F)(F)F)c2)N(C)O1. The van der Waals surface area contributed by atoms with Gasteiger partial charge in [0.1, 0.15) is 23.1 Å². The molecule has 21 heavy (non-hydrogen) atoms. The predicted molar refractivity (Wildman–Crippen MR) is 65.0 cm³/mol. The van der Waals surface area contributed by atoms with Gasteiger partial charge in [0.25, 0.3) is 0 Å². The van der Waals surface area contributed by atoms with E-state index in [1.165, 1.54) is 31.2 Å². The number of halogens is 3. The van der Waals surface area contributed by atoms with Gasteiger partial charge in [-0.05, 0) is 24.6 Å². The Bertz CT molecular complexity index is 597. The van der Waals surface area contributed by atoms with Crippen LogP contribution in [0.15, 0.2) is 35.6 Å². The molecule has 0 amide bonds. The van der Waals surface area contributed by atoms with Gasteiger partial charge in [-0.25, -0.2) is 4.79 Å². The van der Waals surface area contributed by atoms with Crippen LogP contribution in [0.25, 0.3) is 0 Å². The largest absolute Gasteiger partial charge is 0.573 e. The molecule has 1 aliphatic rings. The van der Waals surface area contributed by atoms with Crippen LogP contribution in [0.4, 0.5) is 13.2 Å². The normalized spacial score (nSPS) is 19.6. The van der Waals surface area contributed by atoms with Gasteiger partial charge in [-0.1, -0.05) is 12.1 Å². The molecule has 8 heteroatoms. The van der Waals surface area contributed by atoms with Crippen molar-refractivity contribution >= 4 is 5.97 Å². The molecule has 2 rings (SSSR count). The van der Waals surface area contributed by atoms with Gasteiger partial charge >= 0.3 is 12.3 Å². The Morgan fingerprint density at radius 3 is 2.67 bits per heavy atom. The fraction of sp³-hybridized carbons (Fsp3) is 0.308. The number of carboxylic acids is 1. The van der Waals surface area contributed by atoms with E-state index in [0.29, 0.717) is 5.56 Å². The highest BCUT2D eigenvalue weighted by Gasteiger charge is 2.37. The number of hydroxylamine groups is 2. The number of ether oxygens (including phenoxy) is 1. The van der Waals surface area contributed by atoms with Crippen LogP contribution in [0, 0.1) is 0 Å². The molecule has 0 fully saturated rings. The lowest BCUT2D eigenvalue weighted by atomic mass is 9.98. The number of alkyl halides is 3. The first-order chi connectivity index (χ1) is 9.69. The highest BCUT2D eigenvalue weighted by Crippen LogP contribution is 2.38. The van der Waals surface area contributed by atoms with Crippen molar-refractivity contribution in [2.75, 3.05) is 7.05 Å². The van der Waals surface area contributed by atoms with E-state index in [1.54, 1.807) is 0 Å². The summed E-state index contributed by atoms with van der Waals surface area (Å²) in [4.78, 5) is 16.5. The number of carboxylic acid groups (broad SMARTS) is 1. The standard InChI is InChI=1S/C13H12F3NO4/c1-7-10(12(18)19)11(17(2)21-7)8-4-3-5-9(6-8)20-13(14,15)16/h3-6,11H,1-2H3,(H,18,19). The zero-order valence-electron chi connectivity index (χ0n) is 11.1. The first-order valence-electron chi connectivity index (χ1n) is 5.89. The zero-order chi connectivity index (χ0) is 15.8. The fourth-order valence-corrected chi connectivity index (χ4v) is 2.22. The second-order valence-corrected chi connectivity index (χ2v) is 4.44. The van der Waals surface area contributed by atoms with Crippen LogP contribution in [0.3, 0.4) is 0 Å². The lowest BCUT2D eigenvalue weighted by Crippen LogP contribution is -2.22.